The number of rotatable bonds is 2. The fourth-order valence-corrected chi connectivity index (χ4v) is 1.90. The Hall–Kier alpha value is -2.68. The molecule has 0 aliphatic heterocycles. The van der Waals surface area contributed by atoms with Crippen LogP contribution < -0.4 is 5.56 Å². The van der Waals surface area contributed by atoms with Crippen molar-refractivity contribution in [3.05, 3.63) is 82.4 Å². The maximum Gasteiger partial charge on any atom is 0.258 e. The van der Waals surface area contributed by atoms with Crippen LogP contribution in [0.2, 0.25) is 0 Å². The van der Waals surface area contributed by atoms with E-state index in [-0.39, 0.29) is 5.56 Å². The summed E-state index contributed by atoms with van der Waals surface area (Å²) in [5.41, 5.74) is 2.33. The molecule has 2 heterocycles. The lowest BCUT2D eigenvalue weighted by Crippen LogP contribution is -2.13. The second-order valence-corrected chi connectivity index (χ2v) is 4.19. The maximum absolute atomic E-state index is 11.9. The minimum absolute atomic E-state index is 0.0710. The molecular formula is C16H12N2O. The van der Waals surface area contributed by atoms with Gasteiger partial charge in [0.25, 0.3) is 5.56 Å². The highest BCUT2D eigenvalue weighted by atomic mass is 16.1. The Labute approximate surface area is 110 Å². The third-order valence-corrected chi connectivity index (χ3v) is 2.84. The Kier molecular flexibility index (Phi) is 2.94. The standard InChI is InChI=1S/C16H12N2O/c19-16-12-14(10-9-13-6-2-1-3-7-13)17-15-8-4-5-11-18(15)16/h1-12H/b10-9+. The molecule has 0 saturated heterocycles. The SMILES string of the molecule is O=c1cc(/C=C/c2ccccc2)nc2ccccn12. The minimum atomic E-state index is -0.0710. The molecule has 0 atom stereocenters. The van der Waals surface area contributed by atoms with Crippen LogP contribution in [-0.2, 0) is 0 Å². The van der Waals surface area contributed by atoms with Crippen LogP contribution in [0.4, 0.5) is 0 Å². The fourth-order valence-electron chi connectivity index (χ4n) is 1.90. The third-order valence-electron chi connectivity index (χ3n) is 2.84. The Bertz CT molecular complexity index is 788. The largest absolute Gasteiger partial charge is 0.269 e. The van der Waals surface area contributed by atoms with E-state index < -0.39 is 0 Å². The molecule has 0 fully saturated rings. The fraction of sp³-hybridized carbons (Fsp3) is 0. The molecule has 3 heteroatoms. The Balaban J connectivity index is 2.02. The van der Waals surface area contributed by atoms with Crippen molar-refractivity contribution >= 4 is 17.8 Å². The smallest absolute Gasteiger partial charge is 0.258 e. The molecule has 0 aliphatic carbocycles. The summed E-state index contributed by atoms with van der Waals surface area (Å²) in [7, 11) is 0. The molecule has 0 radical (unpaired) electrons. The summed E-state index contributed by atoms with van der Waals surface area (Å²) in [6.07, 6.45) is 5.51. The normalized spacial score (nSPS) is 11.2. The lowest BCUT2D eigenvalue weighted by Gasteiger charge is -2.00. The summed E-state index contributed by atoms with van der Waals surface area (Å²) in [5, 5.41) is 0. The van der Waals surface area contributed by atoms with Crippen LogP contribution in [0, 0.1) is 0 Å². The van der Waals surface area contributed by atoms with Crippen molar-refractivity contribution in [2.45, 2.75) is 0 Å². The van der Waals surface area contributed by atoms with Crippen LogP contribution in [0.3, 0.4) is 0 Å². The van der Waals surface area contributed by atoms with Crippen LogP contribution in [-0.4, -0.2) is 9.38 Å². The van der Waals surface area contributed by atoms with Gasteiger partial charge in [0.2, 0.25) is 0 Å². The summed E-state index contributed by atoms with van der Waals surface area (Å²) >= 11 is 0. The van der Waals surface area contributed by atoms with E-state index in [2.05, 4.69) is 4.98 Å². The van der Waals surface area contributed by atoms with E-state index in [0.29, 0.717) is 11.3 Å². The van der Waals surface area contributed by atoms with E-state index in [1.54, 1.807) is 6.20 Å². The maximum atomic E-state index is 11.9. The zero-order valence-electron chi connectivity index (χ0n) is 10.2. The zero-order chi connectivity index (χ0) is 13.1. The molecule has 0 aliphatic rings. The number of fused-ring (bicyclic) bond motifs is 1. The van der Waals surface area contributed by atoms with Crippen molar-refractivity contribution in [2.24, 2.45) is 0 Å². The van der Waals surface area contributed by atoms with E-state index in [4.69, 9.17) is 0 Å². The van der Waals surface area contributed by atoms with Gasteiger partial charge in [-0.3, -0.25) is 9.20 Å². The number of aromatic nitrogens is 2. The molecule has 3 aromatic rings. The second kappa shape index (κ2) is 4.90. The predicted molar refractivity (Wildman–Crippen MR) is 76.8 cm³/mol. The first-order chi connectivity index (χ1) is 9.33. The summed E-state index contributed by atoms with van der Waals surface area (Å²) in [6.45, 7) is 0. The van der Waals surface area contributed by atoms with Gasteiger partial charge in [-0.05, 0) is 23.8 Å². The van der Waals surface area contributed by atoms with E-state index >= 15 is 0 Å². The lowest BCUT2D eigenvalue weighted by molar-refractivity contribution is 1.04. The molecule has 0 amide bonds. The second-order valence-electron chi connectivity index (χ2n) is 4.19. The zero-order valence-corrected chi connectivity index (χ0v) is 10.2. The number of hydrogen-bond donors (Lipinski definition) is 0. The van der Waals surface area contributed by atoms with Gasteiger partial charge in [-0.15, -0.1) is 0 Å². The molecule has 0 unspecified atom stereocenters. The number of pyridine rings is 1. The topological polar surface area (TPSA) is 34.4 Å². The van der Waals surface area contributed by atoms with Crippen LogP contribution in [0.15, 0.2) is 65.6 Å². The van der Waals surface area contributed by atoms with Crippen LogP contribution in [0.25, 0.3) is 17.8 Å². The van der Waals surface area contributed by atoms with Crippen molar-refractivity contribution in [1.82, 2.24) is 9.38 Å². The first-order valence-electron chi connectivity index (χ1n) is 6.04. The molecule has 0 saturated carbocycles. The van der Waals surface area contributed by atoms with Gasteiger partial charge in [-0.2, -0.15) is 0 Å². The highest BCUT2D eigenvalue weighted by Gasteiger charge is 1.98. The molecular weight excluding hydrogens is 236 g/mol. The average molecular weight is 248 g/mol. The van der Waals surface area contributed by atoms with E-state index in [1.807, 2.05) is 60.7 Å². The predicted octanol–water partition coefficient (Wildman–Crippen LogP) is 2.86. The summed E-state index contributed by atoms with van der Waals surface area (Å²) < 4.78 is 1.53. The average Bonchev–Trinajstić information content (AvgIpc) is 2.46. The molecule has 0 N–H and O–H groups in total. The van der Waals surface area contributed by atoms with Gasteiger partial charge in [0, 0.05) is 12.3 Å². The monoisotopic (exact) mass is 248 g/mol. The molecule has 0 bridgehead atoms. The van der Waals surface area contributed by atoms with Crippen molar-refractivity contribution in [3.8, 4) is 0 Å². The Morgan fingerprint density at radius 1 is 0.947 bits per heavy atom. The van der Waals surface area contributed by atoms with Gasteiger partial charge in [0.15, 0.2) is 0 Å². The Morgan fingerprint density at radius 3 is 2.58 bits per heavy atom. The van der Waals surface area contributed by atoms with Gasteiger partial charge in [-0.1, -0.05) is 42.5 Å². The van der Waals surface area contributed by atoms with Gasteiger partial charge in [0.1, 0.15) is 5.65 Å². The molecule has 3 nitrogen and oxygen atoms in total. The minimum Gasteiger partial charge on any atom is -0.269 e. The van der Waals surface area contributed by atoms with Crippen molar-refractivity contribution < 1.29 is 0 Å². The van der Waals surface area contributed by atoms with Crippen LogP contribution in [0.5, 0.6) is 0 Å². The quantitative estimate of drug-likeness (QED) is 0.699. The van der Waals surface area contributed by atoms with Gasteiger partial charge >= 0.3 is 0 Å². The van der Waals surface area contributed by atoms with Crippen molar-refractivity contribution in [2.75, 3.05) is 0 Å². The van der Waals surface area contributed by atoms with Crippen molar-refractivity contribution in [3.63, 3.8) is 0 Å². The van der Waals surface area contributed by atoms with Gasteiger partial charge < -0.3 is 0 Å². The number of nitrogens with zero attached hydrogens (tertiary/aromatic N) is 2. The highest BCUT2D eigenvalue weighted by molar-refractivity contribution is 5.68. The van der Waals surface area contributed by atoms with Crippen LogP contribution >= 0.6 is 0 Å². The third kappa shape index (κ3) is 2.45. The summed E-state index contributed by atoms with van der Waals surface area (Å²) in [6, 6.07) is 17.0. The van der Waals surface area contributed by atoms with E-state index in [0.717, 1.165) is 5.56 Å². The van der Waals surface area contributed by atoms with Crippen LogP contribution in [0.1, 0.15) is 11.3 Å². The molecule has 19 heavy (non-hydrogen) atoms. The van der Waals surface area contributed by atoms with Crippen molar-refractivity contribution in [1.29, 1.82) is 0 Å². The van der Waals surface area contributed by atoms with Gasteiger partial charge in [-0.25, -0.2) is 4.98 Å². The number of hydrogen-bond acceptors (Lipinski definition) is 2. The summed E-state index contributed by atoms with van der Waals surface area (Å²) in [4.78, 5) is 16.3. The Morgan fingerprint density at radius 2 is 1.74 bits per heavy atom. The highest BCUT2D eigenvalue weighted by Crippen LogP contribution is 2.06. The molecule has 1 aromatic carbocycles. The first kappa shape index (κ1) is 11.4. The van der Waals surface area contributed by atoms with E-state index in [9.17, 15) is 4.79 Å². The molecule has 2 aromatic heterocycles. The first-order valence-corrected chi connectivity index (χ1v) is 6.04. The number of benzene rings is 1. The van der Waals surface area contributed by atoms with E-state index in [1.165, 1.54) is 10.5 Å². The lowest BCUT2D eigenvalue weighted by atomic mass is 10.2. The molecule has 0 spiro atoms. The summed E-state index contributed by atoms with van der Waals surface area (Å²) in [5.74, 6) is 0. The van der Waals surface area contributed by atoms with Gasteiger partial charge in [0.05, 0.1) is 5.69 Å². The molecule has 92 valence electrons. The molecule has 3 rings (SSSR count).